The summed E-state index contributed by atoms with van der Waals surface area (Å²) in [7, 11) is 0. The largest absolute Gasteiger partial charge is 0.444 e. The number of carbonyl (C=O) groups is 1. The van der Waals surface area contributed by atoms with Crippen molar-refractivity contribution in [2.75, 3.05) is 6.54 Å². The molecule has 0 heterocycles. The van der Waals surface area contributed by atoms with E-state index in [0.717, 1.165) is 17.5 Å². The number of nitrogens with one attached hydrogen (secondary N) is 1. The molecule has 0 radical (unpaired) electrons. The molecule has 0 saturated heterocycles. The highest BCUT2D eigenvalue weighted by atomic mass is 32.1. The number of alkyl carbamates (subject to hydrolysis) is 1. The van der Waals surface area contributed by atoms with Crippen molar-refractivity contribution in [1.29, 1.82) is 0 Å². The number of benzene rings is 1. The Kier molecular flexibility index (Phi) is 6.36. The summed E-state index contributed by atoms with van der Waals surface area (Å²) in [4.78, 5) is 15.3. The minimum atomic E-state index is -0.464. The van der Waals surface area contributed by atoms with Gasteiger partial charge in [-0.15, -0.1) is 0 Å². The monoisotopic (exact) mass is 292 g/mol. The van der Waals surface area contributed by atoms with Crippen LogP contribution in [0, 0.1) is 0 Å². The minimum absolute atomic E-state index is 0.385. The van der Waals surface area contributed by atoms with E-state index in [1.807, 2.05) is 45.0 Å². The molecule has 0 aliphatic rings. The van der Waals surface area contributed by atoms with Crippen molar-refractivity contribution >= 4 is 23.5 Å². The maximum Gasteiger partial charge on any atom is 0.407 e. The van der Waals surface area contributed by atoms with E-state index in [0.29, 0.717) is 13.1 Å². The number of rotatable bonds is 5. The van der Waals surface area contributed by atoms with Crippen molar-refractivity contribution in [3.8, 4) is 0 Å². The fourth-order valence-electron chi connectivity index (χ4n) is 1.56. The van der Waals surface area contributed by atoms with Gasteiger partial charge in [-0.25, -0.2) is 9.79 Å². The maximum absolute atomic E-state index is 11.5. The van der Waals surface area contributed by atoms with Crippen LogP contribution in [0.4, 0.5) is 4.79 Å². The number of carbonyl (C=O) groups excluding carboxylic acids is 1. The number of hydrogen-bond acceptors (Lipinski definition) is 4. The van der Waals surface area contributed by atoms with E-state index in [-0.39, 0.29) is 6.09 Å². The van der Waals surface area contributed by atoms with E-state index in [2.05, 4.69) is 27.7 Å². The SMILES string of the molecule is CC(C)(C)OC(=O)NCCc1ccc(CN=C=S)cc1. The average molecular weight is 292 g/mol. The molecule has 0 fully saturated rings. The minimum Gasteiger partial charge on any atom is -0.444 e. The van der Waals surface area contributed by atoms with Crippen molar-refractivity contribution in [1.82, 2.24) is 5.32 Å². The molecule has 1 amide bonds. The average Bonchev–Trinajstić information content (AvgIpc) is 2.35. The van der Waals surface area contributed by atoms with Gasteiger partial charge in [0.05, 0.1) is 11.7 Å². The zero-order valence-corrected chi connectivity index (χ0v) is 12.9. The zero-order valence-electron chi connectivity index (χ0n) is 12.1. The highest BCUT2D eigenvalue weighted by molar-refractivity contribution is 7.78. The second-order valence-corrected chi connectivity index (χ2v) is 5.59. The summed E-state index contributed by atoms with van der Waals surface area (Å²) in [5.41, 5.74) is 1.77. The van der Waals surface area contributed by atoms with Crippen LogP contribution in [0.3, 0.4) is 0 Å². The highest BCUT2D eigenvalue weighted by Gasteiger charge is 2.15. The van der Waals surface area contributed by atoms with Gasteiger partial charge in [-0.2, -0.15) is 0 Å². The highest BCUT2D eigenvalue weighted by Crippen LogP contribution is 2.07. The first-order valence-corrected chi connectivity index (χ1v) is 6.90. The third-order valence-electron chi connectivity index (χ3n) is 2.43. The van der Waals surface area contributed by atoms with Gasteiger partial charge in [-0.1, -0.05) is 24.3 Å². The lowest BCUT2D eigenvalue weighted by Gasteiger charge is -2.19. The summed E-state index contributed by atoms with van der Waals surface area (Å²) in [6.07, 6.45) is 0.375. The molecule has 5 heteroatoms. The van der Waals surface area contributed by atoms with E-state index in [9.17, 15) is 4.79 Å². The molecule has 1 rings (SSSR count). The van der Waals surface area contributed by atoms with Gasteiger partial charge in [0.1, 0.15) is 5.60 Å². The molecule has 4 nitrogen and oxygen atoms in total. The van der Waals surface area contributed by atoms with Crippen molar-refractivity contribution < 1.29 is 9.53 Å². The summed E-state index contributed by atoms with van der Waals surface area (Å²) in [6.45, 7) is 6.63. The smallest absolute Gasteiger partial charge is 0.407 e. The molecule has 0 unspecified atom stereocenters. The summed E-state index contributed by atoms with van der Waals surface area (Å²) < 4.78 is 5.16. The molecule has 0 spiro atoms. The molecule has 1 N–H and O–H groups in total. The molecule has 1 aromatic carbocycles. The molecular weight excluding hydrogens is 272 g/mol. The van der Waals surface area contributed by atoms with Crippen LogP contribution in [0.2, 0.25) is 0 Å². The van der Waals surface area contributed by atoms with Crippen LogP contribution >= 0.6 is 12.2 Å². The fourth-order valence-corrected chi connectivity index (χ4v) is 1.62. The zero-order chi connectivity index (χ0) is 15.0. The summed E-state index contributed by atoms with van der Waals surface area (Å²) in [5, 5.41) is 5.08. The van der Waals surface area contributed by atoms with E-state index >= 15 is 0 Å². The lowest BCUT2D eigenvalue weighted by atomic mass is 10.1. The number of amides is 1. The van der Waals surface area contributed by atoms with Crippen LogP contribution in [0.5, 0.6) is 0 Å². The number of nitrogens with zero attached hydrogens (tertiary/aromatic N) is 1. The predicted octanol–water partition coefficient (Wildman–Crippen LogP) is 3.36. The molecule has 0 saturated carbocycles. The first kappa shape index (κ1) is 16.3. The van der Waals surface area contributed by atoms with Gasteiger partial charge < -0.3 is 10.1 Å². The van der Waals surface area contributed by atoms with Crippen LogP contribution in [0.25, 0.3) is 0 Å². The standard InChI is InChI=1S/C15H20N2O2S/c1-15(2,3)19-14(18)17-9-8-12-4-6-13(7-5-12)10-16-11-20/h4-7H,8-10H2,1-3H3,(H,17,18). The number of thiocarbonyl (C=S) groups is 1. The Labute approximate surface area is 125 Å². The van der Waals surface area contributed by atoms with Crippen molar-refractivity contribution in [3.05, 3.63) is 35.4 Å². The van der Waals surface area contributed by atoms with Gasteiger partial charge in [-0.05, 0) is 50.5 Å². The van der Waals surface area contributed by atoms with E-state index < -0.39 is 5.60 Å². The Morgan fingerprint density at radius 1 is 1.30 bits per heavy atom. The third-order valence-corrected chi connectivity index (χ3v) is 2.56. The maximum atomic E-state index is 11.5. The Hall–Kier alpha value is -1.71. The molecule has 0 aromatic heterocycles. The van der Waals surface area contributed by atoms with Gasteiger partial charge >= 0.3 is 6.09 Å². The summed E-state index contributed by atoms with van der Waals surface area (Å²) in [5.74, 6) is 0. The molecule has 0 aliphatic carbocycles. The van der Waals surface area contributed by atoms with Crippen LogP contribution in [0.1, 0.15) is 31.9 Å². The molecule has 0 bridgehead atoms. The van der Waals surface area contributed by atoms with Crippen LogP contribution < -0.4 is 5.32 Å². The topological polar surface area (TPSA) is 50.7 Å². The molecule has 20 heavy (non-hydrogen) atoms. The lowest BCUT2D eigenvalue weighted by Crippen LogP contribution is -2.33. The quantitative estimate of drug-likeness (QED) is 0.669. The molecule has 0 aliphatic heterocycles. The number of isothiocyanates is 1. The normalized spacial score (nSPS) is 10.6. The van der Waals surface area contributed by atoms with Crippen molar-refractivity contribution in [2.45, 2.75) is 39.3 Å². The molecule has 0 atom stereocenters. The third kappa shape index (κ3) is 7.02. The molecular formula is C15H20N2O2S. The Morgan fingerprint density at radius 3 is 2.45 bits per heavy atom. The Bertz CT molecular complexity index is 486. The summed E-state index contributed by atoms with van der Waals surface area (Å²) in [6, 6.07) is 8.04. The Morgan fingerprint density at radius 2 is 1.90 bits per heavy atom. The first-order chi connectivity index (χ1) is 9.40. The van der Waals surface area contributed by atoms with Gasteiger partial charge in [0.15, 0.2) is 0 Å². The van der Waals surface area contributed by atoms with Gasteiger partial charge in [0.25, 0.3) is 0 Å². The Balaban J connectivity index is 2.35. The number of ether oxygens (including phenoxy) is 1. The molecule has 1 aromatic rings. The van der Waals surface area contributed by atoms with Crippen molar-refractivity contribution in [3.63, 3.8) is 0 Å². The predicted molar refractivity (Wildman–Crippen MR) is 83.1 cm³/mol. The molecule has 108 valence electrons. The van der Waals surface area contributed by atoms with E-state index in [4.69, 9.17) is 4.74 Å². The van der Waals surface area contributed by atoms with Crippen LogP contribution in [-0.2, 0) is 17.7 Å². The van der Waals surface area contributed by atoms with Gasteiger partial charge in [-0.3, -0.25) is 0 Å². The second kappa shape index (κ2) is 7.78. The van der Waals surface area contributed by atoms with Crippen LogP contribution in [-0.4, -0.2) is 23.4 Å². The van der Waals surface area contributed by atoms with E-state index in [1.54, 1.807) is 0 Å². The van der Waals surface area contributed by atoms with E-state index in [1.165, 1.54) is 0 Å². The van der Waals surface area contributed by atoms with Gasteiger partial charge in [0.2, 0.25) is 0 Å². The number of aliphatic imine (C=N–C) groups is 1. The van der Waals surface area contributed by atoms with Gasteiger partial charge in [0, 0.05) is 6.54 Å². The fraction of sp³-hybridized carbons (Fsp3) is 0.467. The summed E-state index contributed by atoms with van der Waals surface area (Å²) >= 11 is 4.53. The van der Waals surface area contributed by atoms with Crippen molar-refractivity contribution in [2.24, 2.45) is 4.99 Å². The number of hydrogen-bond donors (Lipinski definition) is 1. The van der Waals surface area contributed by atoms with Crippen LogP contribution in [0.15, 0.2) is 29.3 Å². The second-order valence-electron chi connectivity index (χ2n) is 5.40. The lowest BCUT2D eigenvalue weighted by molar-refractivity contribution is 0.0528. The first-order valence-electron chi connectivity index (χ1n) is 6.49.